The number of carbonyl (C=O) groups is 9. The summed E-state index contributed by atoms with van der Waals surface area (Å²) in [6, 6.07) is -0.772. The molecule has 0 aliphatic rings. The first-order valence-electron chi connectivity index (χ1n) is 18.8. The number of nitrogens with one attached hydrogen (secondary N) is 6. The van der Waals surface area contributed by atoms with E-state index in [1.807, 2.05) is 0 Å². The van der Waals surface area contributed by atoms with Crippen LogP contribution in [0.25, 0.3) is 0 Å². The van der Waals surface area contributed by atoms with Crippen molar-refractivity contribution in [2.24, 2.45) is 29.0 Å². The van der Waals surface area contributed by atoms with E-state index in [0.717, 1.165) is 0 Å². The van der Waals surface area contributed by atoms with Crippen LogP contribution in [0.3, 0.4) is 0 Å². The molecule has 0 saturated carbocycles. The Morgan fingerprint density at radius 2 is 1.19 bits per heavy atom. The highest BCUT2D eigenvalue weighted by atomic mass is 16.4. The number of amides is 7. The fourth-order valence-electron chi connectivity index (χ4n) is 5.46. The number of primary amides is 1. The minimum absolute atomic E-state index is 0.00160. The molecule has 0 saturated heterocycles. The third-order valence-electron chi connectivity index (χ3n) is 9.04. The predicted octanol–water partition coefficient (Wildman–Crippen LogP) is -2.25. The molecule has 1 rings (SSSR count). The number of hydrogen-bond donors (Lipinski definition) is 11. The van der Waals surface area contributed by atoms with Crippen molar-refractivity contribution in [3.63, 3.8) is 0 Å². The number of nitrogens with two attached hydrogens (primary N) is 3. The summed E-state index contributed by atoms with van der Waals surface area (Å²) in [7, 11) is 0. The Balaban J connectivity index is 3.18. The van der Waals surface area contributed by atoms with Gasteiger partial charge in [0.2, 0.25) is 41.4 Å². The first kappa shape index (κ1) is 49.4. The highest BCUT2D eigenvalue weighted by molar-refractivity contribution is 5.98. The molecule has 0 bridgehead atoms. The Morgan fingerprint density at radius 3 is 1.72 bits per heavy atom. The molecule has 0 unspecified atom stereocenters. The monoisotopic (exact) mass is 805 g/mol. The van der Waals surface area contributed by atoms with Gasteiger partial charge in [-0.1, -0.05) is 64.4 Å². The molecule has 0 radical (unpaired) electrons. The van der Waals surface area contributed by atoms with Gasteiger partial charge in [-0.3, -0.25) is 38.4 Å². The van der Waals surface area contributed by atoms with Gasteiger partial charge in [0.1, 0.15) is 36.3 Å². The Morgan fingerprint density at radius 1 is 0.649 bits per heavy atom. The molecule has 8 atom stereocenters. The van der Waals surface area contributed by atoms with Crippen LogP contribution in [0.2, 0.25) is 0 Å². The molecule has 0 fully saturated rings. The fourth-order valence-corrected chi connectivity index (χ4v) is 5.46. The second-order valence-corrected chi connectivity index (χ2v) is 14.2. The van der Waals surface area contributed by atoms with E-state index >= 15 is 0 Å². The van der Waals surface area contributed by atoms with Gasteiger partial charge in [0.15, 0.2) is 0 Å². The van der Waals surface area contributed by atoms with E-state index in [2.05, 4.69) is 31.9 Å². The number of benzene rings is 1. The van der Waals surface area contributed by atoms with Crippen LogP contribution in [-0.2, 0) is 49.6 Å². The van der Waals surface area contributed by atoms with Crippen molar-refractivity contribution in [2.45, 2.75) is 122 Å². The van der Waals surface area contributed by atoms with Crippen LogP contribution < -0.4 is 49.1 Å². The van der Waals surface area contributed by atoms with Crippen LogP contribution >= 0.6 is 0 Å². The van der Waals surface area contributed by atoms with Gasteiger partial charge in [0.25, 0.3) is 0 Å². The van der Waals surface area contributed by atoms with Gasteiger partial charge in [-0.15, -0.1) is 0 Å². The number of aliphatic carboxylic acids is 2. The molecule has 318 valence electrons. The molecule has 1 aromatic carbocycles. The van der Waals surface area contributed by atoms with Gasteiger partial charge in [-0.2, -0.15) is 0 Å². The van der Waals surface area contributed by atoms with Crippen LogP contribution in [0.5, 0.6) is 0 Å². The lowest BCUT2D eigenvalue weighted by Crippen LogP contribution is -2.61. The number of hydrogen-bond acceptors (Lipinski definition) is 11. The van der Waals surface area contributed by atoms with Crippen molar-refractivity contribution < 1.29 is 53.4 Å². The number of carboxylic acids is 2. The summed E-state index contributed by atoms with van der Waals surface area (Å²) >= 11 is 0. The van der Waals surface area contributed by atoms with Crippen molar-refractivity contribution in [2.75, 3.05) is 6.54 Å². The highest BCUT2D eigenvalue weighted by Gasteiger charge is 2.35. The topological polar surface area (TPSA) is 344 Å². The molecule has 20 heteroatoms. The van der Waals surface area contributed by atoms with Crippen LogP contribution in [-0.4, -0.2) is 112 Å². The minimum Gasteiger partial charge on any atom is -0.481 e. The smallest absolute Gasteiger partial charge is 0.326 e. The lowest BCUT2D eigenvalue weighted by atomic mass is 9.95. The SMILES string of the molecule is CC[C@H](C)[C@H](NC(=O)[C@H](CCCCN)NC(=O)[C@H](C)NC(=O)[C@H](CC(=O)O)NC(=O)[C@@H](N)CC(N)=O)C(=O)N[C@H](C(=O)N[C@@H](Cc1ccccc1)C(=O)O)C(C)C. The minimum atomic E-state index is -1.70. The van der Waals surface area contributed by atoms with Gasteiger partial charge in [0.05, 0.1) is 18.9 Å². The van der Waals surface area contributed by atoms with E-state index in [9.17, 15) is 53.4 Å². The molecule has 0 aliphatic heterocycles. The molecule has 14 N–H and O–H groups in total. The number of rotatable bonds is 26. The lowest BCUT2D eigenvalue weighted by Gasteiger charge is -2.30. The molecular weight excluding hydrogens is 746 g/mol. The van der Waals surface area contributed by atoms with Gasteiger partial charge in [-0.25, -0.2) is 4.79 Å². The predicted molar refractivity (Wildman–Crippen MR) is 206 cm³/mol. The van der Waals surface area contributed by atoms with E-state index in [1.54, 1.807) is 58.0 Å². The summed E-state index contributed by atoms with van der Waals surface area (Å²) in [5, 5.41) is 33.9. The summed E-state index contributed by atoms with van der Waals surface area (Å²) in [6.45, 7) is 8.33. The number of unbranched alkanes of at least 4 members (excludes halogenated alkanes) is 1. The Kier molecular flexibility index (Phi) is 21.5. The van der Waals surface area contributed by atoms with Crippen molar-refractivity contribution in [1.29, 1.82) is 0 Å². The number of carboxylic acid groups (broad SMARTS) is 2. The maximum absolute atomic E-state index is 13.8. The molecule has 0 aromatic heterocycles. The first-order chi connectivity index (χ1) is 26.7. The van der Waals surface area contributed by atoms with Crippen LogP contribution in [0.4, 0.5) is 0 Å². The van der Waals surface area contributed by atoms with E-state index < -0.39 is 120 Å². The average Bonchev–Trinajstić information content (AvgIpc) is 3.13. The van der Waals surface area contributed by atoms with Gasteiger partial charge < -0.3 is 59.3 Å². The Bertz CT molecular complexity index is 1560. The maximum atomic E-state index is 13.8. The van der Waals surface area contributed by atoms with Crippen LogP contribution in [0, 0.1) is 11.8 Å². The zero-order chi connectivity index (χ0) is 43.4. The summed E-state index contributed by atoms with van der Waals surface area (Å²) in [4.78, 5) is 114. The van der Waals surface area contributed by atoms with Crippen LogP contribution in [0.15, 0.2) is 30.3 Å². The molecule has 57 heavy (non-hydrogen) atoms. The molecule has 0 heterocycles. The third-order valence-corrected chi connectivity index (χ3v) is 9.04. The van der Waals surface area contributed by atoms with E-state index in [-0.39, 0.29) is 19.4 Å². The Hall–Kier alpha value is -5.63. The molecule has 1 aromatic rings. The molecule has 7 amide bonds. The van der Waals surface area contributed by atoms with E-state index in [0.29, 0.717) is 24.8 Å². The van der Waals surface area contributed by atoms with Gasteiger partial charge >= 0.3 is 11.9 Å². The highest BCUT2D eigenvalue weighted by Crippen LogP contribution is 2.13. The maximum Gasteiger partial charge on any atom is 0.326 e. The number of carbonyl (C=O) groups excluding carboxylic acids is 7. The van der Waals surface area contributed by atoms with Crippen molar-refractivity contribution in [3.8, 4) is 0 Å². The average molecular weight is 806 g/mol. The van der Waals surface area contributed by atoms with Crippen molar-refractivity contribution in [1.82, 2.24) is 31.9 Å². The second-order valence-electron chi connectivity index (χ2n) is 14.2. The standard InChI is InChI=1S/C37H59N9O11/c1-6-20(4)30(36(55)45-29(19(2)3)35(54)44-26(37(56)57)16-22-12-8-7-9-13-22)46-33(52)24(14-10-11-15-38)42-31(50)21(5)41-34(53)25(18-28(48)49)43-32(51)23(39)17-27(40)47/h7-9,12-13,19-21,23-26,29-30H,6,10-11,14-18,38-39H2,1-5H3,(H2,40,47)(H,41,53)(H,42,50)(H,43,51)(H,44,54)(H,45,55)(H,46,52)(H,48,49)(H,56,57)/t20-,21-,23-,24-,25-,26-,29-,30-/m0/s1. The zero-order valence-electron chi connectivity index (χ0n) is 33.0. The third kappa shape index (κ3) is 17.8. The first-order valence-corrected chi connectivity index (χ1v) is 18.8. The quantitative estimate of drug-likeness (QED) is 0.0442. The summed E-state index contributed by atoms with van der Waals surface area (Å²) < 4.78 is 0. The summed E-state index contributed by atoms with van der Waals surface area (Å²) in [6.07, 6.45) is -0.155. The molecular formula is C37H59N9O11. The molecule has 0 aliphatic carbocycles. The van der Waals surface area contributed by atoms with Crippen molar-refractivity contribution >= 4 is 53.3 Å². The van der Waals surface area contributed by atoms with Gasteiger partial charge in [0, 0.05) is 6.42 Å². The zero-order valence-corrected chi connectivity index (χ0v) is 33.0. The normalized spacial score (nSPS) is 15.2. The summed E-state index contributed by atoms with van der Waals surface area (Å²) in [5.41, 5.74) is 17.0. The fraction of sp³-hybridized carbons (Fsp3) is 0.595. The lowest BCUT2D eigenvalue weighted by molar-refractivity contribution is -0.142. The van der Waals surface area contributed by atoms with E-state index in [4.69, 9.17) is 17.2 Å². The molecule has 0 spiro atoms. The van der Waals surface area contributed by atoms with E-state index in [1.165, 1.54) is 6.92 Å². The van der Waals surface area contributed by atoms with Crippen LogP contribution in [0.1, 0.15) is 78.7 Å². The summed E-state index contributed by atoms with van der Waals surface area (Å²) in [5.74, 6) is -9.83. The second kappa shape index (κ2) is 24.8. The van der Waals surface area contributed by atoms with Gasteiger partial charge in [-0.05, 0) is 50.1 Å². The largest absolute Gasteiger partial charge is 0.481 e. The van der Waals surface area contributed by atoms with Crippen molar-refractivity contribution in [3.05, 3.63) is 35.9 Å². The Labute approximate surface area is 331 Å². The molecule has 20 nitrogen and oxygen atoms in total.